The third kappa shape index (κ3) is 1.96. The van der Waals surface area contributed by atoms with Crippen LogP contribution in [0.4, 0.5) is 0 Å². The van der Waals surface area contributed by atoms with E-state index in [0.29, 0.717) is 16.4 Å². The van der Waals surface area contributed by atoms with Crippen molar-refractivity contribution in [3.63, 3.8) is 0 Å². The summed E-state index contributed by atoms with van der Waals surface area (Å²) in [6.45, 7) is -0.422. The van der Waals surface area contributed by atoms with Gasteiger partial charge in [-0.15, -0.1) is 0 Å². The molecule has 1 aliphatic rings. The first-order valence-electron chi connectivity index (χ1n) is 7.84. The molecule has 0 spiro atoms. The van der Waals surface area contributed by atoms with Crippen LogP contribution >= 0.6 is 7.14 Å². The van der Waals surface area contributed by atoms with Gasteiger partial charge in [0.05, 0.1) is 13.2 Å². The van der Waals surface area contributed by atoms with Gasteiger partial charge in [0.15, 0.2) is 7.14 Å². The molecule has 0 bridgehead atoms. The van der Waals surface area contributed by atoms with Crippen LogP contribution in [-0.4, -0.2) is 10.2 Å². The summed E-state index contributed by atoms with van der Waals surface area (Å²) in [6, 6.07) is 20.7. The van der Waals surface area contributed by atoms with E-state index in [4.69, 9.17) is 0 Å². The summed E-state index contributed by atoms with van der Waals surface area (Å²) in [5, 5.41) is 21.7. The molecule has 0 atom stereocenters. The van der Waals surface area contributed by atoms with Crippen molar-refractivity contribution >= 4 is 23.1 Å². The number of hydrogen-bond acceptors (Lipinski definition) is 3. The van der Waals surface area contributed by atoms with Crippen molar-refractivity contribution < 1.29 is 14.8 Å². The average Bonchev–Trinajstić information content (AvgIpc) is 2.91. The predicted molar refractivity (Wildman–Crippen MR) is 96.7 cm³/mol. The fraction of sp³-hybridized carbons (Fsp3) is 0.100. The number of rotatable bonds is 3. The first kappa shape index (κ1) is 15.3. The summed E-state index contributed by atoms with van der Waals surface area (Å²) < 4.78 is 14.4. The van der Waals surface area contributed by atoms with Gasteiger partial charge in [-0.3, -0.25) is 0 Å². The second-order valence-corrected chi connectivity index (χ2v) is 8.51. The molecule has 1 aliphatic heterocycles. The van der Waals surface area contributed by atoms with Gasteiger partial charge >= 0.3 is 0 Å². The van der Waals surface area contributed by atoms with Gasteiger partial charge in [-0.25, -0.2) is 0 Å². The normalized spacial score (nSPS) is 14.2. The van der Waals surface area contributed by atoms with Gasteiger partial charge in [-0.05, 0) is 22.3 Å². The highest BCUT2D eigenvalue weighted by molar-refractivity contribution is 7.86. The molecule has 0 amide bonds. The van der Waals surface area contributed by atoms with Gasteiger partial charge in [0.1, 0.15) is 0 Å². The van der Waals surface area contributed by atoms with Gasteiger partial charge in [-0.2, -0.15) is 0 Å². The van der Waals surface area contributed by atoms with Crippen molar-refractivity contribution in [2.75, 3.05) is 0 Å². The molecule has 3 aromatic rings. The summed E-state index contributed by atoms with van der Waals surface area (Å²) in [7, 11) is -3.13. The Morgan fingerprint density at radius 1 is 0.667 bits per heavy atom. The van der Waals surface area contributed by atoms with Crippen molar-refractivity contribution in [2.45, 2.75) is 13.2 Å². The lowest BCUT2D eigenvalue weighted by molar-refractivity contribution is 0.277. The van der Waals surface area contributed by atoms with Crippen LogP contribution in [0.5, 0.6) is 0 Å². The van der Waals surface area contributed by atoms with Crippen LogP contribution in [0.3, 0.4) is 0 Å². The summed E-state index contributed by atoms with van der Waals surface area (Å²) in [5.41, 5.74) is 3.15. The zero-order valence-corrected chi connectivity index (χ0v) is 13.9. The standard InChI is InChI=1S/C20H17O3P/c21-12-14-6-5-7-15(13-22)20(14)24(23)18-10-3-1-8-16(18)17-9-2-4-11-19(17)24/h1-11,21-22H,12-13H2. The zero-order valence-electron chi connectivity index (χ0n) is 13.0. The SMILES string of the molecule is O=P1(c2c(CO)cccc2CO)c2ccccc2-c2ccccc21. The van der Waals surface area contributed by atoms with E-state index in [0.717, 1.165) is 21.7 Å². The van der Waals surface area contributed by atoms with Gasteiger partial charge in [0.2, 0.25) is 0 Å². The van der Waals surface area contributed by atoms with E-state index >= 15 is 0 Å². The maximum atomic E-state index is 14.4. The first-order chi connectivity index (χ1) is 11.7. The van der Waals surface area contributed by atoms with E-state index in [2.05, 4.69) is 0 Å². The van der Waals surface area contributed by atoms with Crippen LogP contribution < -0.4 is 15.9 Å². The summed E-state index contributed by atoms with van der Waals surface area (Å²) in [6.07, 6.45) is 0. The lowest BCUT2D eigenvalue weighted by atomic mass is 10.1. The summed E-state index contributed by atoms with van der Waals surface area (Å²) in [5.74, 6) is 0. The highest BCUT2D eigenvalue weighted by Gasteiger charge is 2.42. The van der Waals surface area contributed by atoms with Crippen LogP contribution in [0, 0.1) is 0 Å². The molecule has 4 rings (SSSR count). The van der Waals surface area contributed by atoms with E-state index in [-0.39, 0.29) is 13.2 Å². The average molecular weight is 336 g/mol. The van der Waals surface area contributed by atoms with Crippen molar-refractivity contribution in [1.82, 2.24) is 0 Å². The van der Waals surface area contributed by atoms with Crippen LogP contribution in [0.25, 0.3) is 11.1 Å². The van der Waals surface area contributed by atoms with Crippen LogP contribution in [0.1, 0.15) is 11.1 Å². The molecule has 0 saturated heterocycles. The molecular weight excluding hydrogens is 319 g/mol. The quantitative estimate of drug-likeness (QED) is 0.565. The molecule has 4 heteroatoms. The Kier molecular flexibility index (Phi) is 3.65. The molecule has 0 aliphatic carbocycles. The Labute approximate surface area is 140 Å². The molecule has 0 radical (unpaired) electrons. The molecule has 0 unspecified atom stereocenters. The van der Waals surface area contributed by atoms with Crippen LogP contribution in [0.2, 0.25) is 0 Å². The third-order valence-electron chi connectivity index (χ3n) is 4.64. The first-order valence-corrected chi connectivity index (χ1v) is 9.55. The molecule has 0 aromatic heterocycles. The van der Waals surface area contributed by atoms with Gasteiger partial charge in [0.25, 0.3) is 0 Å². The molecule has 2 N–H and O–H groups in total. The number of hydrogen-bond donors (Lipinski definition) is 2. The number of aliphatic hydroxyl groups is 2. The highest BCUT2D eigenvalue weighted by Crippen LogP contribution is 2.53. The molecule has 0 saturated carbocycles. The molecule has 120 valence electrons. The van der Waals surface area contributed by atoms with E-state index in [1.165, 1.54) is 0 Å². The predicted octanol–water partition coefficient (Wildman–Crippen LogP) is 2.29. The van der Waals surface area contributed by atoms with Crippen molar-refractivity contribution in [3.05, 3.63) is 77.9 Å². The van der Waals surface area contributed by atoms with Crippen molar-refractivity contribution in [2.24, 2.45) is 0 Å². The maximum absolute atomic E-state index is 14.4. The Balaban J connectivity index is 2.15. The van der Waals surface area contributed by atoms with Crippen molar-refractivity contribution in [3.8, 4) is 11.1 Å². The Morgan fingerprint density at radius 2 is 1.12 bits per heavy atom. The van der Waals surface area contributed by atoms with Gasteiger partial charge < -0.3 is 14.8 Å². The molecular formula is C20H17O3P. The van der Waals surface area contributed by atoms with E-state index in [9.17, 15) is 14.8 Å². The lowest BCUT2D eigenvalue weighted by Crippen LogP contribution is -2.27. The minimum absolute atomic E-state index is 0.211. The Hall–Kier alpha value is -2.19. The van der Waals surface area contributed by atoms with Gasteiger partial charge in [0, 0.05) is 15.9 Å². The molecule has 0 fully saturated rings. The Bertz CT molecular complexity index is 906. The van der Waals surface area contributed by atoms with Gasteiger partial charge in [-0.1, -0.05) is 66.7 Å². The number of aliphatic hydroxyl groups excluding tert-OH is 2. The van der Waals surface area contributed by atoms with E-state index in [1.54, 1.807) is 18.2 Å². The molecule has 3 nitrogen and oxygen atoms in total. The summed E-state index contributed by atoms with van der Waals surface area (Å²) in [4.78, 5) is 0. The number of fused-ring (bicyclic) bond motifs is 3. The minimum atomic E-state index is -3.13. The molecule has 3 aromatic carbocycles. The molecule has 24 heavy (non-hydrogen) atoms. The largest absolute Gasteiger partial charge is 0.392 e. The Morgan fingerprint density at radius 3 is 1.58 bits per heavy atom. The van der Waals surface area contributed by atoms with Crippen LogP contribution in [0.15, 0.2) is 66.7 Å². The second kappa shape index (κ2) is 5.71. The third-order valence-corrected chi connectivity index (χ3v) is 7.98. The van der Waals surface area contributed by atoms with E-state index < -0.39 is 7.14 Å². The monoisotopic (exact) mass is 336 g/mol. The fourth-order valence-corrected chi connectivity index (χ4v) is 7.13. The van der Waals surface area contributed by atoms with E-state index in [1.807, 2.05) is 48.5 Å². The summed E-state index contributed by atoms with van der Waals surface area (Å²) >= 11 is 0. The fourth-order valence-electron chi connectivity index (χ4n) is 3.63. The zero-order chi connectivity index (χ0) is 16.7. The minimum Gasteiger partial charge on any atom is -0.392 e. The molecule has 1 heterocycles. The maximum Gasteiger partial charge on any atom is 0.172 e. The number of benzene rings is 3. The van der Waals surface area contributed by atoms with Crippen LogP contribution in [-0.2, 0) is 17.8 Å². The second-order valence-electron chi connectivity index (χ2n) is 5.88. The highest BCUT2D eigenvalue weighted by atomic mass is 31.2. The lowest BCUT2D eigenvalue weighted by Gasteiger charge is -2.21. The van der Waals surface area contributed by atoms with Crippen molar-refractivity contribution in [1.29, 1.82) is 0 Å². The topological polar surface area (TPSA) is 57.5 Å². The smallest absolute Gasteiger partial charge is 0.172 e.